The van der Waals surface area contributed by atoms with Gasteiger partial charge in [0, 0.05) is 32.0 Å². The van der Waals surface area contributed by atoms with Gasteiger partial charge in [-0.05, 0) is 67.8 Å². The SMILES string of the molecule is CC(=O)O[C@@H](C)C=CC(=O)N[C@@H]1C[C@H](C)[C@H](CC=C(C)C=C[C@@H]2C[C@]3(CO3)C[C@@H](CC(=O)On3nnc4cccnc43)O2)O[C@@H]1C. The summed E-state index contributed by atoms with van der Waals surface area (Å²) in [6, 6.07) is 3.36. The third-order valence-electron chi connectivity index (χ3n) is 8.52. The molecule has 13 nitrogen and oxygen atoms in total. The van der Waals surface area contributed by atoms with Gasteiger partial charge in [-0.3, -0.25) is 9.59 Å². The first-order valence-corrected chi connectivity index (χ1v) is 15.8. The molecule has 13 heteroatoms. The van der Waals surface area contributed by atoms with Gasteiger partial charge >= 0.3 is 11.9 Å². The Balaban J connectivity index is 1.09. The summed E-state index contributed by atoms with van der Waals surface area (Å²) in [5.41, 5.74) is 1.72. The van der Waals surface area contributed by atoms with Crippen LogP contribution in [0, 0.1) is 5.92 Å². The van der Waals surface area contributed by atoms with Gasteiger partial charge in [0.15, 0.2) is 0 Å². The van der Waals surface area contributed by atoms with Crippen molar-refractivity contribution in [1.82, 2.24) is 25.5 Å². The van der Waals surface area contributed by atoms with Gasteiger partial charge in [-0.2, -0.15) is 0 Å². The molecule has 46 heavy (non-hydrogen) atoms. The van der Waals surface area contributed by atoms with E-state index in [0.29, 0.717) is 24.2 Å². The standard InChI is InChI=1S/C33H43N5O8/c1-20(9-12-29-21(2)15-28(23(4)44-29)35-30(40)13-10-22(3)43-24(5)39)8-11-25-17-33(19-42-33)18-26(45-25)16-31(41)46-38-32-27(36-37-38)7-6-14-34-32/h6-11,13-14,21-23,25-26,28-29H,12,15-19H2,1-5H3,(H,35,40)/t21-,22-,23+,25+,26+,28+,29-,33+/m0/s1. The Hall–Kier alpha value is -3.94. The van der Waals surface area contributed by atoms with Crippen molar-refractivity contribution in [3.8, 4) is 0 Å². The van der Waals surface area contributed by atoms with Crippen LogP contribution >= 0.6 is 0 Å². The zero-order valence-corrected chi connectivity index (χ0v) is 27.0. The third-order valence-corrected chi connectivity index (χ3v) is 8.52. The van der Waals surface area contributed by atoms with Crippen molar-refractivity contribution < 1.29 is 38.2 Å². The van der Waals surface area contributed by atoms with Gasteiger partial charge in [0.2, 0.25) is 11.6 Å². The Morgan fingerprint density at radius 1 is 1.20 bits per heavy atom. The second-order valence-electron chi connectivity index (χ2n) is 12.6. The predicted molar refractivity (Wildman–Crippen MR) is 166 cm³/mol. The largest absolute Gasteiger partial charge is 0.459 e. The zero-order valence-electron chi connectivity index (χ0n) is 27.0. The number of nitrogens with one attached hydrogen (secondary N) is 1. The van der Waals surface area contributed by atoms with Crippen molar-refractivity contribution in [3.63, 3.8) is 0 Å². The number of carbonyl (C=O) groups is 3. The van der Waals surface area contributed by atoms with E-state index >= 15 is 0 Å². The van der Waals surface area contributed by atoms with Crippen LogP contribution in [-0.4, -0.2) is 86.8 Å². The van der Waals surface area contributed by atoms with Crippen molar-refractivity contribution >= 4 is 29.0 Å². The number of epoxide rings is 1. The number of ether oxygens (including phenoxy) is 4. The van der Waals surface area contributed by atoms with E-state index in [0.717, 1.165) is 29.7 Å². The highest BCUT2D eigenvalue weighted by Gasteiger charge is 2.51. The van der Waals surface area contributed by atoms with Crippen LogP contribution in [0.5, 0.6) is 0 Å². The number of hydrogen-bond donors (Lipinski definition) is 1. The summed E-state index contributed by atoms with van der Waals surface area (Å²) in [4.78, 5) is 46.8. The molecular formula is C33H43N5O8. The maximum atomic E-state index is 12.7. The smallest absolute Gasteiger partial charge is 0.337 e. The van der Waals surface area contributed by atoms with Crippen LogP contribution < -0.4 is 10.2 Å². The van der Waals surface area contributed by atoms with Crippen molar-refractivity contribution in [3.05, 3.63) is 54.3 Å². The number of aromatic nitrogens is 4. The summed E-state index contributed by atoms with van der Waals surface area (Å²) in [6.07, 6.45) is 12.5. The van der Waals surface area contributed by atoms with Gasteiger partial charge < -0.3 is 29.1 Å². The van der Waals surface area contributed by atoms with Gasteiger partial charge in [0.1, 0.15) is 11.6 Å². The Labute approximate surface area is 268 Å². The lowest BCUT2D eigenvalue weighted by molar-refractivity contribution is -0.152. The fourth-order valence-corrected chi connectivity index (χ4v) is 6.00. The summed E-state index contributed by atoms with van der Waals surface area (Å²) in [7, 11) is 0. The molecule has 2 aromatic heterocycles. The van der Waals surface area contributed by atoms with Crippen LogP contribution in [0.1, 0.15) is 66.7 Å². The van der Waals surface area contributed by atoms with E-state index in [1.54, 1.807) is 31.3 Å². The molecule has 248 valence electrons. The number of pyridine rings is 1. The first-order valence-electron chi connectivity index (χ1n) is 15.8. The molecule has 5 rings (SSSR count). The van der Waals surface area contributed by atoms with Crippen LogP contribution in [0.25, 0.3) is 11.2 Å². The molecule has 0 bridgehead atoms. The minimum absolute atomic E-state index is 0.0211. The van der Waals surface area contributed by atoms with Gasteiger partial charge in [0.05, 0.1) is 49.1 Å². The number of allylic oxidation sites excluding steroid dienone is 2. The van der Waals surface area contributed by atoms with Crippen LogP contribution in [0.3, 0.4) is 0 Å². The number of carbonyl (C=O) groups excluding carboxylic acids is 3. The van der Waals surface area contributed by atoms with Crippen LogP contribution in [0.15, 0.2) is 54.3 Å². The second kappa shape index (κ2) is 14.7. The molecule has 3 fully saturated rings. The van der Waals surface area contributed by atoms with E-state index in [2.05, 4.69) is 33.6 Å². The number of rotatable bonds is 11. The topological polar surface area (TPSA) is 156 Å². The Morgan fingerprint density at radius 2 is 2.00 bits per heavy atom. The molecule has 3 aliphatic heterocycles. The predicted octanol–water partition coefficient (Wildman–Crippen LogP) is 3.19. The Bertz CT molecular complexity index is 1500. The summed E-state index contributed by atoms with van der Waals surface area (Å²) >= 11 is 0. The molecule has 8 atom stereocenters. The number of hydrogen-bond acceptors (Lipinski definition) is 11. The summed E-state index contributed by atoms with van der Waals surface area (Å²) in [6.45, 7) is 9.83. The average Bonchev–Trinajstić information content (AvgIpc) is 3.61. The minimum atomic E-state index is -0.484. The first kappa shape index (κ1) is 33.4. The highest BCUT2D eigenvalue weighted by Crippen LogP contribution is 2.43. The van der Waals surface area contributed by atoms with Gasteiger partial charge in [-0.15, -0.1) is 5.10 Å². The lowest BCUT2D eigenvalue weighted by Gasteiger charge is -2.39. The minimum Gasteiger partial charge on any atom is -0.459 e. The molecule has 3 saturated heterocycles. The van der Waals surface area contributed by atoms with E-state index < -0.39 is 18.0 Å². The first-order chi connectivity index (χ1) is 22.0. The average molecular weight is 638 g/mol. The normalized spacial score (nSPS) is 30.5. The van der Waals surface area contributed by atoms with Crippen molar-refractivity contribution in [2.45, 2.75) is 109 Å². The highest BCUT2D eigenvalue weighted by molar-refractivity contribution is 5.87. The van der Waals surface area contributed by atoms with E-state index in [-0.39, 0.29) is 54.3 Å². The molecule has 5 heterocycles. The lowest BCUT2D eigenvalue weighted by Crippen LogP contribution is -2.50. The third kappa shape index (κ3) is 9.08. The fourth-order valence-electron chi connectivity index (χ4n) is 6.00. The van der Waals surface area contributed by atoms with Gasteiger partial charge in [0.25, 0.3) is 0 Å². The van der Waals surface area contributed by atoms with Crippen LogP contribution in [-0.2, 0) is 33.3 Å². The van der Waals surface area contributed by atoms with Crippen LogP contribution in [0.4, 0.5) is 0 Å². The molecule has 3 aliphatic rings. The molecule has 1 spiro atoms. The molecule has 0 aromatic carbocycles. The maximum absolute atomic E-state index is 12.7. The van der Waals surface area contributed by atoms with Crippen molar-refractivity contribution in [1.29, 1.82) is 0 Å². The number of nitrogens with zero attached hydrogens (tertiary/aromatic N) is 4. The number of amides is 1. The Morgan fingerprint density at radius 3 is 2.76 bits per heavy atom. The molecule has 0 saturated carbocycles. The van der Waals surface area contributed by atoms with Crippen molar-refractivity contribution in [2.75, 3.05) is 6.61 Å². The molecular weight excluding hydrogens is 594 g/mol. The summed E-state index contributed by atoms with van der Waals surface area (Å²) in [5.74, 6) is -0.883. The molecule has 0 aliphatic carbocycles. The number of fused-ring (bicyclic) bond motifs is 1. The van der Waals surface area contributed by atoms with Crippen LogP contribution in [0.2, 0.25) is 0 Å². The molecule has 1 amide bonds. The lowest BCUT2D eigenvalue weighted by atomic mass is 9.88. The quantitative estimate of drug-likeness (QED) is 0.127. The monoisotopic (exact) mass is 637 g/mol. The summed E-state index contributed by atoms with van der Waals surface area (Å²) < 4.78 is 23.4. The van der Waals surface area contributed by atoms with Gasteiger partial charge in [-0.25, -0.2) is 9.78 Å². The zero-order chi connectivity index (χ0) is 32.8. The maximum Gasteiger partial charge on any atom is 0.337 e. The van der Waals surface area contributed by atoms with Crippen molar-refractivity contribution in [2.24, 2.45) is 5.92 Å². The van der Waals surface area contributed by atoms with E-state index in [1.807, 2.05) is 26.0 Å². The molecule has 0 unspecified atom stereocenters. The van der Waals surface area contributed by atoms with E-state index in [4.69, 9.17) is 23.8 Å². The molecule has 0 radical (unpaired) electrons. The van der Waals surface area contributed by atoms with E-state index in [1.165, 1.54) is 13.0 Å². The van der Waals surface area contributed by atoms with E-state index in [9.17, 15) is 14.4 Å². The molecule has 2 aromatic rings. The number of esters is 1. The Kier molecular flexibility index (Phi) is 10.6. The summed E-state index contributed by atoms with van der Waals surface area (Å²) in [5, 5.41) is 10.8. The second-order valence-corrected chi connectivity index (χ2v) is 12.6. The van der Waals surface area contributed by atoms with Gasteiger partial charge in [-0.1, -0.05) is 30.7 Å². The fraction of sp³-hybridized carbons (Fsp3) is 0.576. The highest BCUT2D eigenvalue weighted by atomic mass is 16.7. The molecule has 1 N–H and O–H groups in total.